The number of aromatic nitrogens is 3. The second-order valence-electron chi connectivity index (χ2n) is 2.94. The van der Waals surface area contributed by atoms with Crippen LogP contribution in [0.25, 0.3) is 21.6 Å². The number of aromatic amines is 1. The number of H-pyrrole nitrogens is 1. The number of rotatable bonds is 1. The Bertz CT molecular complexity index is 554. The van der Waals surface area contributed by atoms with Crippen LogP contribution in [0.15, 0.2) is 36.1 Å². The summed E-state index contributed by atoms with van der Waals surface area (Å²) < 4.78 is 0. The molecule has 4 heteroatoms. The molecule has 3 heterocycles. The van der Waals surface area contributed by atoms with Crippen molar-refractivity contribution in [2.24, 2.45) is 0 Å². The summed E-state index contributed by atoms with van der Waals surface area (Å²) in [5, 5.41) is 3.13. The third-order valence-electron chi connectivity index (χ3n) is 2.11. The Morgan fingerprint density at radius 1 is 1.21 bits per heavy atom. The van der Waals surface area contributed by atoms with E-state index in [1.54, 1.807) is 17.7 Å². The highest BCUT2D eigenvalue weighted by Crippen LogP contribution is 2.27. The maximum atomic E-state index is 4.30. The summed E-state index contributed by atoms with van der Waals surface area (Å²) in [6, 6.07) is 6.10. The molecule has 3 aromatic rings. The van der Waals surface area contributed by atoms with E-state index < -0.39 is 0 Å². The zero-order valence-corrected chi connectivity index (χ0v) is 8.08. The zero-order chi connectivity index (χ0) is 9.38. The van der Waals surface area contributed by atoms with Crippen molar-refractivity contribution < 1.29 is 0 Å². The van der Waals surface area contributed by atoms with E-state index >= 15 is 0 Å². The Labute approximate surface area is 84.5 Å². The molecule has 0 saturated heterocycles. The van der Waals surface area contributed by atoms with E-state index in [1.165, 1.54) is 4.88 Å². The van der Waals surface area contributed by atoms with Gasteiger partial charge in [0.2, 0.25) is 0 Å². The quantitative estimate of drug-likeness (QED) is 0.657. The topological polar surface area (TPSA) is 41.6 Å². The molecule has 0 aromatic carbocycles. The molecule has 0 fully saturated rings. The molecule has 3 rings (SSSR count). The number of hydrogen-bond acceptors (Lipinski definition) is 3. The summed E-state index contributed by atoms with van der Waals surface area (Å²) in [5.74, 6) is 0. The number of nitrogens with zero attached hydrogens (tertiary/aromatic N) is 2. The first-order valence-corrected chi connectivity index (χ1v) is 5.15. The molecule has 0 unspecified atom stereocenters. The number of nitrogens with one attached hydrogen (secondary N) is 1. The van der Waals surface area contributed by atoms with E-state index in [1.807, 2.05) is 18.3 Å². The Hall–Kier alpha value is -1.68. The van der Waals surface area contributed by atoms with E-state index in [4.69, 9.17) is 0 Å². The van der Waals surface area contributed by atoms with Gasteiger partial charge in [0.05, 0.1) is 10.6 Å². The van der Waals surface area contributed by atoms with Crippen LogP contribution in [0.4, 0.5) is 0 Å². The van der Waals surface area contributed by atoms with Crippen molar-refractivity contribution >= 4 is 22.4 Å². The SMILES string of the molecule is c1csc(-c2ncnc3[nH]ccc23)c1. The van der Waals surface area contributed by atoms with Gasteiger partial charge in [0.25, 0.3) is 0 Å². The van der Waals surface area contributed by atoms with Gasteiger partial charge in [0, 0.05) is 11.6 Å². The minimum absolute atomic E-state index is 0.892. The fourth-order valence-corrected chi connectivity index (χ4v) is 2.22. The van der Waals surface area contributed by atoms with Crippen molar-refractivity contribution in [2.45, 2.75) is 0 Å². The predicted molar refractivity (Wildman–Crippen MR) is 57.2 cm³/mol. The number of thiophene rings is 1. The van der Waals surface area contributed by atoms with Crippen LogP contribution < -0.4 is 0 Å². The highest BCUT2D eigenvalue weighted by atomic mass is 32.1. The van der Waals surface area contributed by atoms with Crippen LogP contribution in [0.2, 0.25) is 0 Å². The van der Waals surface area contributed by atoms with Gasteiger partial charge >= 0.3 is 0 Å². The average Bonchev–Trinajstić information content (AvgIpc) is 2.88. The maximum Gasteiger partial charge on any atom is 0.141 e. The predicted octanol–water partition coefficient (Wildman–Crippen LogP) is 2.69. The molecule has 0 aliphatic carbocycles. The van der Waals surface area contributed by atoms with E-state index in [2.05, 4.69) is 26.4 Å². The molecule has 0 radical (unpaired) electrons. The van der Waals surface area contributed by atoms with Gasteiger partial charge in [-0.3, -0.25) is 0 Å². The van der Waals surface area contributed by atoms with Gasteiger partial charge in [-0.1, -0.05) is 6.07 Å². The fourth-order valence-electron chi connectivity index (χ4n) is 1.48. The minimum atomic E-state index is 0.892. The monoisotopic (exact) mass is 201 g/mol. The molecule has 0 saturated carbocycles. The van der Waals surface area contributed by atoms with Crippen molar-refractivity contribution in [3.05, 3.63) is 36.1 Å². The second-order valence-corrected chi connectivity index (χ2v) is 3.89. The van der Waals surface area contributed by atoms with Crippen LogP contribution >= 0.6 is 11.3 Å². The summed E-state index contributed by atoms with van der Waals surface area (Å²) in [5.41, 5.74) is 1.90. The van der Waals surface area contributed by atoms with Gasteiger partial charge in [-0.05, 0) is 17.5 Å². The standard InChI is InChI=1S/C10H7N3S/c1-2-8(14-5-1)9-7-3-4-11-10(7)13-6-12-9/h1-6H,(H,11,12,13). The summed E-state index contributed by atoms with van der Waals surface area (Å²) in [6.45, 7) is 0. The Kier molecular flexibility index (Phi) is 1.61. The van der Waals surface area contributed by atoms with Crippen molar-refractivity contribution in [1.29, 1.82) is 0 Å². The molecule has 0 amide bonds. The molecule has 1 N–H and O–H groups in total. The molecule has 0 spiro atoms. The van der Waals surface area contributed by atoms with Gasteiger partial charge in [0.1, 0.15) is 12.0 Å². The summed E-state index contributed by atoms with van der Waals surface area (Å²) in [6.07, 6.45) is 3.48. The lowest BCUT2D eigenvalue weighted by Gasteiger charge is -1.96. The van der Waals surface area contributed by atoms with Gasteiger partial charge < -0.3 is 4.98 Å². The molecule has 0 aliphatic rings. The third kappa shape index (κ3) is 1.04. The van der Waals surface area contributed by atoms with Crippen molar-refractivity contribution in [1.82, 2.24) is 15.0 Å². The number of hydrogen-bond donors (Lipinski definition) is 1. The van der Waals surface area contributed by atoms with E-state index in [9.17, 15) is 0 Å². The highest BCUT2D eigenvalue weighted by Gasteiger charge is 2.06. The van der Waals surface area contributed by atoms with Crippen molar-refractivity contribution in [3.63, 3.8) is 0 Å². The molecule has 3 aromatic heterocycles. The average molecular weight is 201 g/mol. The summed E-state index contributed by atoms with van der Waals surface area (Å²) in [7, 11) is 0. The summed E-state index contributed by atoms with van der Waals surface area (Å²) in [4.78, 5) is 12.7. The molecule has 68 valence electrons. The second kappa shape index (κ2) is 2.92. The van der Waals surface area contributed by atoms with Gasteiger partial charge in [-0.2, -0.15) is 0 Å². The third-order valence-corrected chi connectivity index (χ3v) is 2.99. The fraction of sp³-hybridized carbons (Fsp3) is 0. The van der Waals surface area contributed by atoms with E-state index in [-0.39, 0.29) is 0 Å². The van der Waals surface area contributed by atoms with E-state index in [0.29, 0.717) is 0 Å². The lowest BCUT2D eigenvalue weighted by molar-refractivity contribution is 1.21. The van der Waals surface area contributed by atoms with Crippen molar-refractivity contribution in [2.75, 3.05) is 0 Å². The van der Waals surface area contributed by atoms with Gasteiger partial charge in [-0.25, -0.2) is 9.97 Å². The van der Waals surface area contributed by atoms with Crippen molar-refractivity contribution in [3.8, 4) is 10.6 Å². The molecule has 0 aliphatic heterocycles. The van der Waals surface area contributed by atoms with Gasteiger partial charge in [0.15, 0.2) is 0 Å². The zero-order valence-electron chi connectivity index (χ0n) is 7.27. The lowest BCUT2D eigenvalue weighted by Crippen LogP contribution is -1.84. The Morgan fingerprint density at radius 2 is 2.21 bits per heavy atom. The van der Waals surface area contributed by atoms with Crippen LogP contribution in [-0.4, -0.2) is 15.0 Å². The maximum absolute atomic E-state index is 4.30. The highest BCUT2D eigenvalue weighted by molar-refractivity contribution is 7.13. The largest absolute Gasteiger partial charge is 0.346 e. The van der Waals surface area contributed by atoms with Crippen LogP contribution in [0.3, 0.4) is 0 Å². The van der Waals surface area contributed by atoms with Crippen LogP contribution in [0.1, 0.15) is 0 Å². The molecular formula is C10H7N3S. The molecule has 14 heavy (non-hydrogen) atoms. The first-order valence-electron chi connectivity index (χ1n) is 4.27. The lowest BCUT2D eigenvalue weighted by atomic mass is 10.2. The Morgan fingerprint density at radius 3 is 3.07 bits per heavy atom. The smallest absolute Gasteiger partial charge is 0.141 e. The van der Waals surface area contributed by atoms with Gasteiger partial charge in [-0.15, -0.1) is 11.3 Å². The van der Waals surface area contributed by atoms with E-state index in [0.717, 1.165) is 16.7 Å². The molecule has 0 bridgehead atoms. The number of fused-ring (bicyclic) bond motifs is 1. The molecule has 3 nitrogen and oxygen atoms in total. The molecular weight excluding hydrogens is 194 g/mol. The van der Waals surface area contributed by atoms with Crippen LogP contribution in [0, 0.1) is 0 Å². The minimum Gasteiger partial charge on any atom is -0.346 e. The summed E-state index contributed by atoms with van der Waals surface area (Å²) >= 11 is 1.69. The Balaban J connectivity index is 2.36. The normalized spacial score (nSPS) is 10.9. The van der Waals surface area contributed by atoms with Crippen LogP contribution in [-0.2, 0) is 0 Å². The van der Waals surface area contributed by atoms with Crippen LogP contribution in [0.5, 0.6) is 0 Å². The first-order chi connectivity index (χ1) is 6.95. The first kappa shape index (κ1) is 7.70. The molecule has 0 atom stereocenters.